The Morgan fingerprint density at radius 1 is 0.870 bits per heavy atom. The van der Waals surface area contributed by atoms with Crippen molar-refractivity contribution in [1.29, 1.82) is 0 Å². The molecule has 0 unspecified atom stereocenters. The predicted molar refractivity (Wildman–Crippen MR) is 99.2 cm³/mol. The summed E-state index contributed by atoms with van der Waals surface area (Å²) in [5, 5.41) is 10.7. The average Bonchev–Trinajstić information content (AvgIpc) is 2.44. The molecule has 0 heterocycles. The summed E-state index contributed by atoms with van der Waals surface area (Å²) >= 11 is 0. The lowest BCUT2D eigenvalue weighted by Gasteiger charge is -2.26. The summed E-state index contributed by atoms with van der Waals surface area (Å²) in [5.74, 6) is 0.324. The molecule has 0 saturated carbocycles. The van der Waals surface area contributed by atoms with Gasteiger partial charge < -0.3 is 5.11 Å². The van der Waals surface area contributed by atoms with Crippen LogP contribution < -0.4 is 0 Å². The fourth-order valence-electron chi connectivity index (χ4n) is 2.42. The number of phenolic OH excluding ortho intramolecular Hbond substituents is 1. The number of benzene rings is 2. The van der Waals surface area contributed by atoms with Gasteiger partial charge in [-0.05, 0) is 34.6 Å². The van der Waals surface area contributed by atoms with E-state index in [1.54, 1.807) is 6.21 Å². The molecule has 23 heavy (non-hydrogen) atoms. The number of rotatable bonds is 2. The predicted octanol–water partition coefficient (Wildman–Crippen LogP) is 5.74. The fraction of sp³-hybridized carbons (Fsp3) is 0.381. The number of hydrogen-bond acceptors (Lipinski definition) is 2. The number of aliphatic imine (C=N–C) groups is 1. The van der Waals surface area contributed by atoms with Crippen LogP contribution in [0.5, 0.6) is 5.75 Å². The molecule has 0 aliphatic carbocycles. The monoisotopic (exact) mass is 309 g/mol. The molecule has 1 N–H and O–H groups in total. The minimum Gasteiger partial charge on any atom is -0.507 e. The molecule has 0 radical (unpaired) electrons. The van der Waals surface area contributed by atoms with Gasteiger partial charge in [0.15, 0.2) is 0 Å². The van der Waals surface area contributed by atoms with Crippen molar-refractivity contribution in [2.24, 2.45) is 4.99 Å². The Labute approximate surface area is 139 Å². The van der Waals surface area contributed by atoms with Gasteiger partial charge in [-0.15, -0.1) is 0 Å². The van der Waals surface area contributed by atoms with Gasteiger partial charge in [0.1, 0.15) is 5.75 Å². The second-order valence-corrected chi connectivity index (χ2v) is 8.06. The van der Waals surface area contributed by atoms with Crippen molar-refractivity contribution in [2.75, 3.05) is 0 Å². The summed E-state index contributed by atoms with van der Waals surface area (Å²) in [7, 11) is 0. The molecule has 0 fully saturated rings. The maximum Gasteiger partial charge on any atom is 0.128 e. The lowest BCUT2D eigenvalue weighted by molar-refractivity contribution is 0.444. The van der Waals surface area contributed by atoms with Crippen molar-refractivity contribution in [2.45, 2.75) is 52.4 Å². The Morgan fingerprint density at radius 3 is 2.00 bits per heavy atom. The van der Waals surface area contributed by atoms with Gasteiger partial charge >= 0.3 is 0 Å². The van der Waals surface area contributed by atoms with Crippen LogP contribution in [-0.4, -0.2) is 11.3 Å². The normalized spacial score (nSPS) is 12.8. The summed E-state index contributed by atoms with van der Waals surface area (Å²) in [6.07, 6.45) is 1.76. The average molecular weight is 309 g/mol. The molecule has 0 saturated heterocycles. The molecule has 0 spiro atoms. The molecule has 0 amide bonds. The Bertz CT molecular complexity index is 701. The Morgan fingerprint density at radius 2 is 1.48 bits per heavy atom. The van der Waals surface area contributed by atoms with Crippen LogP contribution in [0.3, 0.4) is 0 Å². The Hall–Kier alpha value is -2.09. The Kier molecular flexibility index (Phi) is 4.65. The van der Waals surface area contributed by atoms with Crippen molar-refractivity contribution in [3.05, 3.63) is 59.2 Å². The van der Waals surface area contributed by atoms with E-state index in [9.17, 15) is 5.11 Å². The molecule has 2 aromatic carbocycles. The van der Waals surface area contributed by atoms with Crippen LogP contribution in [0.4, 0.5) is 5.69 Å². The first-order valence-electron chi connectivity index (χ1n) is 8.06. The van der Waals surface area contributed by atoms with E-state index in [4.69, 9.17) is 0 Å². The quantitative estimate of drug-likeness (QED) is 0.705. The van der Waals surface area contributed by atoms with Crippen molar-refractivity contribution in [3.8, 4) is 5.75 Å². The minimum absolute atomic E-state index is 0.0169. The van der Waals surface area contributed by atoms with Gasteiger partial charge in [0.25, 0.3) is 0 Å². The molecule has 0 bridgehead atoms. The minimum atomic E-state index is -0.124. The molecule has 2 rings (SSSR count). The lowest BCUT2D eigenvalue weighted by Crippen LogP contribution is -2.17. The molecule has 122 valence electrons. The maximum absolute atomic E-state index is 10.7. The summed E-state index contributed by atoms with van der Waals surface area (Å²) in [4.78, 5) is 4.50. The summed E-state index contributed by atoms with van der Waals surface area (Å²) in [6, 6.07) is 13.9. The number of para-hydroxylation sites is 1. The van der Waals surface area contributed by atoms with Crippen LogP contribution in [-0.2, 0) is 10.8 Å². The van der Waals surface area contributed by atoms with Gasteiger partial charge in [0.05, 0.1) is 5.69 Å². The van der Waals surface area contributed by atoms with Crippen LogP contribution in [0, 0.1) is 0 Å². The fourth-order valence-corrected chi connectivity index (χ4v) is 2.42. The first kappa shape index (κ1) is 17.3. The van der Waals surface area contributed by atoms with Crippen molar-refractivity contribution >= 4 is 11.9 Å². The smallest absolute Gasteiger partial charge is 0.128 e. The van der Waals surface area contributed by atoms with Crippen LogP contribution in [0.25, 0.3) is 0 Å². The zero-order valence-corrected chi connectivity index (χ0v) is 15.0. The largest absolute Gasteiger partial charge is 0.507 e. The van der Waals surface area contributed by atoms with E-state index in [0.29, 0.717) is 5.75 Å². The topological polar surface area (TPSA) is 32.6 Å². The highest BCUT2D eigenvalue weighted by Gasteiger charge is 2.24. The standard InChI is InChI=1S/C21H27NO/c1-20(2,3)16-12-15(14-22-17-10-8-7-9-11-17)19(23)18(13-16)21(4,5)6/h7-14,23H,1-6H3. The Balaban J connectivity index is 2.56. The summed E-state index contributed by atoms with van der Waals surface area (Å²) in [6.45, 7) is 12.9. The zero-order valence-electron chi connectivity index (χ0n) is 15.0. The second kappa shape index (κ2) is 6.19. The first-order valence-corrected chi connectivity index (χ1v) is 8.06. The van der Waals surface area contributed by atoms with E-state index in [2.05, 4.69) is 52.6 Å². The van der Waals surface area contributed by atoms with E-state index >= 15 is 0 Å². The SMILES string of the molecule is CC(C)(C)c1cc(C=Nc2ccccc2)c(O)c(C(C)(C)C)c1. The molecule has 0 atom stereocenters. The molecule has 2 nitrogen and oxygen atoms in total. The molecule has 0 aliphatic heterocycles. The van der Waals surface area contributed by atoms with Crippen LogP contribution in [0.2, 0.25) is 0 Å². The van der Waals surface area contributed by atoms with Crippen molar-refractivity contribution in [1.82, 2.24) is 0 Å². The van der Waals surface area contributed by atoms with Crippen LogP contribution >= 0.6 is 0 Å². The van der Waals surface area contributed by atoms with Gasteiger partial charge in [-0.1, -0.05) is 65.8 Å². The van der Waals surface area contributed by atoms with Crippen LogP contribution in [0.1, 0.15) is 58.2 Å². The van der Waals surface area contributed by atoms with E-state index < -0.39 is 0 Å². The number of nitrogens with zero attached hydrogens (tertiary/aromatic N) is 1. The summed E-state index contributed by atoms with van der Waals surface area (Å²) < 4.78 is 0. The zero-order chi connectivity index (χ0) is 17.3. The highest BCUT2D eigenvalue weighted by atomic mass is 16.3. The van der Waals surface area contributed by atoms with Crippen molar-refractivity contribution in [3.63, 3.8) is 0 Å². The molecule has 2 heteroatoms. The first-order chi connectivity index (χ1) is 10.6. The van der Waals surface area contributed by atoms with Gasteiger partial charge in [0, 0.05) is 17.3 Å². The lowest BCUT2D eigenvalue weighted by atomic mass is 9.79. The number of aromatic hydroxyl groups is 1. The maximum atomic E-state index is 10.7. The van der Waals surface area contributed by atoms with Gasteiger partial charge in [-0.2, -0.15) is 0 Å². The summed E-state index contributed by atoms with van der Waals surface area (Å²) in [5.41, 5.74) is 3.70. The second-order valence-electron chi connectivity index (χ2n) is 8.06. The molecular weight excluding hydrogens is 282 g/mol. The van der Waals surface area contributed by atoms with E-state index in [1.807, 2.05) is 36.4 Å². The van der Waals surface area contributed by atoms with Gasteiger partial charge in [-0.3, -0.25) is 4.99 Å². The number of phenols is 1. The van der Waals surface area contributed by atoms with Gasteiger partial charge in [0.2, 0.25) is 0 Å². The van der Waals surface area contributed by atoms with E-state index in [1.165, 1.54) is 5.56 Å². The third kappa shape index (κ3) is 4.22. The highest BCUT2D eigenvalue weighted by Crippen LogP contribution is 2.37. The van der Waals surface area contributed by atoms with E-state index in [-0.39, 0.29) is 10.8 Å². The molecular formula is C21H27NO. The van der Waals surface area contributed by atoms with Crippen molar-refractivity contribution < 1.29 is 5.11 Å². The number of hydrogen-bond donors (Lipinski definition) is 1. The van der Waals surface area contributed by atoms with Crippen LogP contribution in [0.15, 0.2) is 47.5 Å². The van der Waals surface area contributed by atoms with E-state index in [0.717, 1.165) is 16.8 Å². The third-order valence-corrected chi connectivity index (χ3v) is 3.92. The third-order valence-electron chi connectivity index (χ3n) is 3.92. The molecule has 2 aromatic rings. The molecule has 0 aromatic heterocycles. The van der Waals surface area contributed by atoms with Gasteiger partial charge in [-0.25, -0.2) is 0 Å². The highest BCUT2D eigenvalue weighted by molar-refractivity contribution is 5.86. The molecule has 0 aliphatic rings.